The van der Waals surface area contributed by atoms with Crippen molar-refractivity contribution in [1.29, 1.82) is 0 Å². The molecule has 0 aromatic carbocycles. The Morgan fingerprint density at radius 2 is 2.33 bits per heavy atom. The van der Waals surface area contributed by atoms with E-state index in [0.717, 1.165) is 39.4 Å². The second kappa shape index (κ2) is 8.28. The van der Waals surface area contributed by atoms with Crippen LogP contribution in [0, 0.1) is 11.3 Å². The van der Waals surface area contributed by atoms with Crippen molar-refractivity contribution in [3.05, 3.63) is 22.4 Å². The second-order valence-corrected chi connectivity index (χ2v) is 7.96. The van der Waals surface area contributed by atoms with Gasteiger partial charge in [0.1, 0.15) is 0 Å². The fourth-order valence-corrected chi connectivity index (χ4v) is 3.94. The van der Waals surface area contributed by atoms with Crippen LogP contribution in [0.1, 0.15) is 31.6 Å². The zero-order valence-corrected chi connectivity index (χ0v) is 14.5. The Morgan fingerprint density at radius 1 is 1.48 bits per heavy atom. The van der Waals surface area contributed by atoms with Gasteiger partial charge in [-0.05, 0) is 43.8 Å². The molecular formula is C17H30N2OS. The topological polar surface area (TPSA) is 24.5 Å². The van der Waals surface area contributed by atoms with Gasteiger partial charge in [0.05, 0.1) is 6.61 Å². The van der Waals surface area contributed by atoms with Crippen LogP contribution in [0.3, 0.4) is 0 Å². The molecular weight excluding hydrogens is 280 g/mol. The van der Waals surface area contributed by atoms with E-state index in [2.05, 4.69) is 48.6 Å². The summed E-state index contributed by atoms with van der Waals surface area (Å²) < 4.78 is 5.82. The van der Waals surface area contributed by atoms with Gasteiger partial charge < -0.3 is 15.0 Å². The number of hydrogen-bond acceptors (Lipinski definition) is 4. The monoisotopic (exact) mass is 310 g/mol. The molecule has 2 heterocycles. The summed E-state index contributed by atoms with van der Waals surface area (Å²) in [4.78, 5) is 3.90. The first-order chi connectivity index (χ1) is 10.1. The predicted molar refractivity (Wildman–Crippen MR) is 90.8 cm³/mol. The van der Waals surface area contributed by atoms with Crippen molar-refractivity contribution in [1.82, 2.24) is 10.2 Å². The van der Waals surface area contributed by atoms with Crippen LogP contribution in [0.25, 0.3) is 0 Å². The fraction of sp³-hybridized carbons (Fsp3) is 0.765. The molecule has 0 saturated carbocycles. The van der Waals surface area contributed by atoms with Crippen molar-refractivity contribution in [2.75, 3.05) is 39.9 Å². The van der Waals surface area contributed by atoms with Crippen LogP contribution < -0.4 is 5.32 Å². The van der Waals surface area contributed by atoms with Crippen LogP contribution in [0.15, 0.2) is 17.5 Å². The SMILES string of the molecule is CC(C)CNCC1(CN(C)Cc2cccs2)CCCOC1. The molecule has 1 aromatic heterocycles. The Kier molecular flexibility index (Phi) is 6.68. The zero-order valence-electron chi connectivity index (χ0n) is 13.7. The summed E-state index contributed by atoms with van der Waals surface area (Å²) >= 11 is 1.85. The van der Waals surface area contributed by atoms with E-state index >= 15 is 0 Å². The molecule has 1 atom stereocenters. The highest BCUT2D eigenvalue weighted by Gasteiger charge is 2.33. The summed E-state index contributed by atoms with van der Waals surface area (Å²) in [6.07, 6.45) is 2.46. The third-order valence-corrected chi connectivity index (χ3v) is 4.93. The zero-order chi connectivity index (χ0) is 15.1. The molecule has 1 saturated heterocycles. The van der Waals surface area contributed by atoms with Gasteiger partial charge in [0, 0.05) is 36.5 Å². The van der Waals surface area contributed by atoms with Crippen LogP contribution >= 0.6 is 11.3 Å². The average Bonchev–Trinajstić information content (AvgIpc) is 2.91. The molecule has 2 rings (SSSR count). The van der Waals surface area contributed by atoms with Crippen LogP contribution in [-0.2, 0) is 11.3 Å². The number of nitrogens with zero attached hydrogens (tertiary/aromatic N) is 1. The molecule has 3 nitrogen and oxygen atoms in total. The van der Waals surface area contributed by atoms with E-state index < -0.39 is 0 Å². The third kappa shape index (κ3) is 5.70. The Hall–Kier alpha value is -0.420. The lowest BCUT2D eigenvalue weighted by Gasteiger charge is -2.40. The van der Waals surface area contributed by atoms with Crippen molar-refractivity contribution in [3.63, 3.8) is 0 Å². The van der Waals surface area contributed by atoms with Gasteiger partial charge in [-0.2, -0.15) is 0 Å². The molecule has 21 heavy (non-hydrogen) atoms. The van der Waals surface area contributed by atoms with Crippen LogP contribution in [0.2, 0.25) is 0 Å². The van der Waals surface area contributed by atoms with Crippen molar-refractivity contribution in [3.8, 4) is 0 Å². The van der Waals surface area contributed by atoms with Gasteiger partial charge in [-0.3, -0.25) is 0 Å². The quantitative estimate of drug-likeness (QED) is 0.798. The minimum atomic E-state index is 0.277. The van der Waals surface area contributed by atoms with E-state index in [-0.39, 0.29) is 5.41 Å². The highest BCUT2D eigenvalue weighted by Crippen LogP contribution is 2.29. The van der Waals surface area contributed by atoms with Gasteiger partial charge in [0.25, 0.3) is 0 Å². The minimum Gasteiger partial charge on any atom is -0.381 e. The molecule has 1 aliphatic rings. The van der Waals surface area contributed by atoms with Gasteiger partial charge in [0.15, 0.2) is 0 Å². The summed E-state index contributed by atoms with van der Waals surface area (Å²) in [7, 11) is 2.23. The summed E-state index contributed by atoms with van der Waals surface area (Å²) in [5.74, 6) is 0.704. The molecule has 1 N–H and O–H groups in total. The van der Waals surface area contributed by atoms with Crippen molar-refractivity contribution < 1.29 is 4.74 Å². The van der Waals surface area contributed by atoms with E-state index in [9.17, 15) is 0 Å². The van der Waals surface area contributed by atoms with Crippen LogP contribution in [0.4, 0.5) is 0 Å². The first-order valence-electron chi connectivity index (χ1n) is 8.09. The first kappa shape index (κ1) is 16.9. The predicted octanol–water partition coefficient (Wildman–Crippen LogP) is 3.22. The largest absolute Gasteiger partial charge is 0.381 e. The molecule has 0 spiro atoms. The maximum atomic E-state index is 5.82. The molecule has 0 bridgehead atoms. The lowest BCUT2D eigenvalue weighted by atomic mass is 9.81. The normalized spacial score (nSPS) is 23.1. The van der Waals surface area contributed by atoms with E-state index in [4.69, 9.17) is 4.74 Å². The van der Waals surface area contributed by atoms with Gasteiger partial charge in [-0.15, -0.1) is 11.3 Å². The number of nitrogens with one attached hydrogen (secondary N) is 1. The van der Waals surface area contributed by atoms with Gasteiger partial charge in [0.2, 0.25) is 0 Å². The standard InChI is InChI=1S/C17H30N2OS/c1-15(2)10-18-12-17(7-5-8-20-14-17)13-19(3)11-16-6-4-9-21-16/h4,6,9,15,18H,5,7-8,10-14H2,1-3H3. The van der Waals surface area contributed by atoms with E-state index in [1.54, 1.807) is 0 Å². The van der Waals surface area contributed by atoms with Crippen molar-refractivity contribution >= 4 is 11.3 Å². The molecule has 120 valence electrons. The Labute approximate surface area is 133 Å². The Bertz CT molecular complexity index is 386. The molecule has 1 aromatic rings. The maximum Gasteiger partial charge on any atom is 0.0546 e. The summed E-state index contributed by atoms with van der Waals surface area (Å²) in [5.41, 5.74) is 0.277. The lowest BCUT2D eigenvalue weighted by Crippen LogP contribution is -2.48. The number of rotatable bonds is 8. The summed E-state index contributed by atoms with van der Waals surface area (Å²) in [6, 6.07) is 4.36. The average molecular weight is 311 g/mol. The van der Waals surface area contributed by atoms with Gasteiger partial charge >= 0.3 is 0 Å². The van der Waals surface area contributed by atoms with Crippen molar-refractivity contribution in [2.24, 2.45) is 11.3 Å². The molecule has 0 radical (unpaired) electrons. The highest BCUT2D eigenvalue weighted by molar-refractivity contribution is 7.09. The molecule has 1 aliphatic heterocycles. The molecule has 1 unspecified atom stereocenters. The third-order valence-electron chi connectivity index (χ3n) is 4.07. The van der Waals surface area contributed by atoms with Crippen molar-refractivity contribution in [2.45, 2.75) is 33.2 Å². The Balaban J connectivity index is 1.88. The van der Waals surface area contributed by atoms with E-state index in [1.807, 2.05) is 11.3 Å². The molecule has 0 amide bonds. The number of hydrogen-bond donors (Lipinski definition) is 1. The lowest BCUT2D eigenvalue weighted by molar-refractivity contribution is -0.0238. The van der Waals surface area contributed by atoms with Gasteiger partial charge in [-0.25, -0.2) is 0 Å². The Morgan fingerprint density at radius 3 is 2.95 bits per heavy atom. The smallest absolute Gasteiger partial charge is 0.0546 e. The second-order valence-electron chi connectivity index (χ2n) is 6.93. The summed E-state index contributed by atoms with van der Waals surface area (Å²) in [6.45, 7) is 10.7. The van der Waals surface area contributed by atoms with Crippen LogP contribution in [-0.4, -0.2) is 44.8 Å². The fourth-order valence-electron chi connectivity index (χ4n) is 3.15. The van der Waals surface area contributed by atoms with Gasteiger partial charge in [-0.1, -0.05) is 19.9 Å². The first-order valence-corrected chi connectivity index (χ1v) is 8.97. The molecule has 4 heteroatoms. The highest BCUT2D eigenvalue weighted by atomic mass is 32.1. The number of thiophene rings is 1. The molecule has 0 aliphatic carbocycles. The maximum absolute atomic E-state index is 5.82. The van der Waals surface area contributed by atoms with E-state index in [0.29, 0.717) is 5.92 Å². The minimum absolute atomic E-state index is 0.277. The van der Waals surface area contributed by atoms with E-state index in [1.165, 1.54) is 17.7 Å². The molecule has 1 fully saturated rings. The summed E-state index contributed by atoms with van der Waals surface area (Å²) in [5, 5.41) is 5.82. The number of ether oxygens (including phenoxy) is 1. The van der Waals surface area contributed by atoms with Crippen LogP contribution in [0.5, 0.6) is 0 Å².